The maximum absolute atomic E-state index is 5.30. The highest BCUT2D eigenvalue weighted by molar-refractivity contribution is 5.82. The molecule has 60 valence electrons. The summed E-state index contributed by atoms with van der Waals surface area (Å²) in [6.45, 7) is 7.90. The quantitative estimate of drug-likeness (QED) is 0.593. The van der Waals surface area contributed by atoms with E-state index < -0.39 is 0 Å². The Morgan fingerprint density at radius 1 is 1.50 bits per heavy atom. The molecule has 0 radical (unpaired) electrons. The number of hydrogen-bond acceptors (Lipinski definition) is 2. The molecule has 0 aromatic rings. The van der Waals surface area contributed by atoms with Gasteiger partial charge in [-0.15, -0.1) is 0 Å². The number of nitrogens with two attached hydrogens (primary N) is 1. The van der Waals surface area contributed by atoms with E-state index in [2.05, 4.69) is 25.8 Å². The fraction of sp³-hybridized carbons (Fsp3) is 0.875. The standard InChI is InChI=1S/C8H18N2/c1-7(2)6-8(3)10-5-4-9/h7H,4-6,9H2,1-3H3. The summed E-state index contributed by atoms with van der Waals surface area (Å²) in [5.41, 5.74) is 6.52. The molecule has 2 N–H and O–H groups in total. The molecule has 0 unspecified atom stereocenters. The predicted octanol–water partition coefficient (Wildman–Crippen LogP) is 1.45. The molecular formula is C8H18N2. The second-order valence-corrected chi connectivity index (χ2v) is 3.00. The van der Waals surface area contributed by atoms with Gasteiger partial charge in [0.25, 0.3) is 0 Å². The highest BCUT2D eigenvalue weighted by atomic mass is 14.8. The lowest BCUT2D eigenvalue weighted by Crippen LogP contribution is -2.06. The zero-order valence-electron chi connectivity index (χ0n) is 7.22. The summed E-state index contributed by atoms with van der Waals surface area (Å²) in [4.78, 5) is 4.27. The Hall–Kier alpha value is -0.370. The molecule has 0 spiro atoms. The lowest BCUT2D eigenvalue weighted by molar-refractivity contribution is 0.680. The first-order valence-corrected chi connectivity index (χ1v) is 3.86. The first-order valence-electron chi connectivity index (χ1n) is 3.86. The van der Waals surface area contributed by atoms with Crippen molar-refractivity contribution in [1.29, 1.82) is 0 Å². The molecule has 2 heteroatoms. The zero-order valence-corrected chi connectivity index (χ0v) is 7.22. The molecule has 0 aromatic carbocycles. The van der Waals surface area contributed by atoms with Crippen LogP contribution in [-0.4, -0.2) is 18.8 Å². The molecule has 0 rings (SSSR count). The summed E-state index contributed by atoms with van der Waals surface area (Å²) in [5.74, 6) is 0.710. The van der Waals surface area contributed by atoms with Crippen molar-refractivity contribution in [3.63, 3.8) is 0 Å². The predicted molar refractivity (Wildman–Crippen MR) is 46.5 cm³/mol. The van der Waals surface area contributed by atoms with E-state index in [1.54, 1.807) is 0 Å². The van der Waals surface area contributed by atoms with Crippen LogP contribution in [0.1, 0.15) is 27.2 Å². The number of hydrogen-bond donors (Lipinski definition) is 1. The normalized spacial score (nSPS) is 12.7. The maximum Gasteiger partial charge on any atom is 0.0511 e. The minimum Gasteiger partial charge on any atom is -0.329 e. The smallest absolute Gasteiger partial charge is 0.0511 e. The first-order chi connectivity index (χ1) is 4.66. The monoisotopic (exact) mass is 142 g/mol. The Balaban J connectivity index is 3.49. The molecule has 0 saturated carbocycles. The lowest BCUT2D eigenvalue weighted by atomic mass is 10.1. The highest BCUT2D eigenvalue weighted by Crippen LogP contribution is 2.00. The van der Waals surface area contributed by atoms with E-state index in [0.717, 1.165) is 13.0 Å². The van der Waals surface area contributed by atoms with Crippen LogP contribution in [-0.2, 0) is 0 Å². The van der Waals surface area contributed by atoms with Gasteiger partial charge in [-0.05, 0) is 19.3 Å². The van der Waals surface area contributed by atoms with Crippen LogP contribution in [0.15, 0.2) is 4.99 Å². The Kier molecular flexibility index (Phi) is 5.22. The Morgan fingerprint density at radius 2 is 2.10 bits per heavy atom. The Bertz CT molecular complexity index is 106. The molecule has 0 saturated heterocycles. The summed E-state index contributed by atoms with van der Waals surface area (Å²) < 4.78 is 0. The Morgan fingerprint density at radius 3 is 2.50 bits per heavy atom. The van der Waals surface area contributed by atoms with Gasteiger partial charge in [-0.3, -0.25) is 4.99 Å². The molecule has 2 nitrogen and oxygen atoms in total. The van der Waals surface area contributed by atoms with Gasteiger partial charge < -0.3 is 5.73 Å². The van der Waals surface area contributed by atoms with Crippen molar-refractivity contribution < 1.29 is 0 Å². The molecule has 0 amide bonds. The van der Waals surface area contributed by atoms with Crippen LogP contribution in [0.25, 0.3) is 0 Å². The third kappa shape index (κ3) is 5.76. The maximum atomic E-state index is 5.30. The van der Waals surface area contributed by atoms with Crippen molar-refractivity contribution >= 4 is 5.71 Å². The van der Waals surface area contributed by atoms with Crippen molar-refractivity contribution in [3.8, 4) is 0 Å². The van der Waals surface area contributed by atoms with E-state index in [0.29, 0.717) is 12.5 Å². The second-order valence-electron chi connectivity index (χ2n) is 3.00. The van der Waals surface area contributed by atoms with Gasteiger partial charge in [0.15, 0.2) is 0 Å². The molecule has 0 fully saturated rings. The minimum atomic E-state index is 0.662. The van der Waals surface area contributed by atoms with Gasteiger partial charge in [-0.1, -0.05) is 13.8 Å². The van der Waals surface area contributed by atoms with Gasteiger partial charge in [0.2, 0.25) is 0 Å². The van der Waals surface area contributed by atoms with E-state index >= 15 is 0 Å². The van der Waals surface area contributed by atoms with Gasteiger partial charge >= 0.3 is 0 Å². The summed E-state index contributed by atoms with van der Waals surface area (Å²) in [6, 6.07) is 0. The SMILES string of the molecule is CC(CC(C)C)=NCCN. The fourth-order valence-corrected chi connectivity index (χ4v) is 0.911. The van der Waals surface area contributed by atoms with Crippen molar-refractivity contribution in [3.05, 3.63) is 0 Å². The highest BCUT2D eigenvalue weighted by Gasteiger charge is 1.95. The van der Waals surface area contributed by atoms with E-state index in [1.165, 1.54) is 5.71 Å². The van der Waals surface area contributed by atoms with Crippen LogP contribution in [0, 0.1) is 5.92 Å². The van der Waals surface area contributed by atoms with Crippen LogP contribution in [0.5, 0.6) is 0 Å². The molecule has 0 aliphatic heterocycles. The average Bonchev–Trinajstić information content (AvgIpc) is 1.82. The largest absolute Gasteiger partial charge is 0.329 e. The lowest BCUT2D eigenvalue weighted by Gasteiger charge is -2.02. The Labute approximate surface area is 63.5 Å². The van der Waals surface area contributed by atoms with Gasteiger partial charge in [-0.25, -0.2) is 0 Å². The number of nitrogens with zero attached hydrogens (tertiary/aromatic N) is 1. The van der Waals surface area contributed by atoms with Crippen LogP contribution >= 0.6 is 0 Å². The van der Waals surface area contributed by atoms with E-state index in [1.807, 2.05) is 0 Å². The topological polar surface area (TPSA) is 38.4 Å². The number of rotatable bonds is 4. The third-order valence-corrected chi connectivity index (χ3v) is 1.21. The fourth-order valence-electron chi connectivity index (χ4n) is 0.911. The molecule has 10 heavy (non-hydrogen) atoms. The number of aliphatic imine (C=N–C) groups is 1. The van der Waals surface area contributed by atoms with Crippen LogP contribution in [0.2, 0.25) is 0 Å². The van der Waals surface area contributed by atoms with Gasteiger partial charge in [0, 0.05) is 12.3 Å². The molecule has 0 aliphatic rings. The molecule has 0 atom stereocenters. The molecular weight excluding hydrogens is 124 g/mol. The summed E-state index contributed by atoms with van der Waals surface area (Å²) in [5, 5.41) is 0. The molecule has 0 heterocycles. The van der Waals surface area contributed by atoms with Gasteiger partial charge in [-0.2, -0.15) is 0 Å². The average molecular weight is 142 g/mol. The van der Waals surface area contributed by atoms with Crippen LogP contribution < -0.4 is 5.73 Å². The van der Waals surface area contributed by atoms with E-state index in [4.69, 9.17) is 5.73 Å². The summed E-state index contributed by atoms with van der Waals surface area (Å²) in [7, 11) is 0. The van der Waals surface area contributed by atoms with Gasteiger partial charge in [0.1, 0.15) is 0 Å². The van der Waals surface area contributed by atoms with Crippen molar-refractivity contribution in [2.45, 2.75) is 27.2 Å². The van der Waals surface area contributed by atoms with Crippen LogP contribution in [0.4, 0.5) is 0 Å². The molecule has 0 aromatic heterocycles. The second kappa shape index (κ2) is 5.42. The molecule has 0 bridgehead atoms. The van der Waals surface area contributed by atoms with Crippen molar-refractivity contribution in [2.24, 2.45) is 16.6 Å². The molecule has 0 aliphatic carbocycles. The van der Waals surface area contributed by atoms with Crippen molar-refractivity contribution in [1.82, 2.24) is 0 Å². The van der Waals surface area contributed by atoms with E-state index in [-0.39, 0.29) is 0 Å². The third-order valence-electron chi connectivity index (χ3n) is 1.21. The van der Waals surface area contributed by atoms with E-state index in [9.17, 15) is 0 Å². The summed E-state index contributed by atoms with van der Waals surface area (Å²) in [6.07, 6.45) is 1.10. The summed E-state index contributed by atoms with van der Waals surface area (Å²) >= 11 is 0. The van der Waals surface area contributed by atoms with Gasteiger partial charge in [0.05, 0.1) is 6.54 Å². The zero-order chi connectivity index (χ0) is 7.98. The minimum absolute atomic E-state index is 0.662. The van der Waals surface area contributed by atoms with Crippen LogP contribution in [0.3, 0.4) is 0 Å². The first kappa shape index (κ1) is 9.63. The van der Waals surface area contributed by atoms with Crippen molar-refractivity contribution in [2.75, 3.05) is 13.1 Å².